The van der Waals surface area contributed by atoms with Crippen molar-refractivity contribution in [3.05, 3.63) is 112 Å². The molecular formula is C24H16ClF4N3O2. The van der Waals surface area contributed by atoms with Crippen LogP contribution in [0.15, 0.2) is 66.9 Å². The number of halogens is 5. The van der Waals surface area contributed by atoms with Gasteiger partial charge in [-0.1, -0.05) is 41.9 Å². The molecule has 0 radical (unpaired) electrons. The molecule has 5 nitrogen and oxygen atoms in total. The van der Waals surface area contributed by atoms with Gasteiger partial charge in [-0.2, -0.15) is 13.9 Å². The second kappa shape index (κ2) is 9.96. The van der Waals surface area contributed by atoms with Crippen LogP contribution in [-0.2, 0) is 13.2 Å². The Morgan fingerprint density at radius 2 is 1.65 bits per heavy atom. The molecule has 0 aliphatic carbocycles. The van der Waals surface area contributed by atoms with Gasteiger partial charge in [-0.3, -0.25) is 9.48 Å². The number of amides is 1. The summed E-state index contributed by atoms with van der Waals surface area (Å²) < 4.78 is 60.5. The molecule has 4 aromatic rings. The maximum Gasteiger partial charge on any atom is 0.256 e. The first-order valence-electron chi connectivity index (χ1n) is 9.95. The first-order valence-corrected chi connectivity index (χ1v) is 10.3. The lowest BCUT2D eigenvalue weighted by Crippen LogP contribution is -2.13. The summed E-state index contributed by atoms with van der Waals surface area (Å²) in [5.41, 5.74) is 1.59. The first-order chi connectivity index (χ1) is 16.3. The Hall–Kier alpha value is -3.85. The van der Waals surface area contributed by atoms with Crippen LogP contribution in [0.1, 0.15) is 21.5 Å². The van der Waals surface area contributed by atoms with Gasteiger partial charge in [0, 0.05) is 28.9 Å². The van der Waals surface area contributed by atoms with Gasteiger partial charge < -0.3 is 10.1 Å². The molecule has 1 N–H and O–H groups in total. The summed E-state index contributed by atoms with van der Waals surface area (Å²) in [4.78, 5) is 12.5. The smallest absolute Gasteiger partial charge is 0.256 e. The van der Waals surface area contributed by atoms with Crippen molar-refractivity contribution >= 4 is 23.3 Å². The number of hydrogen-bond donors (Lipinski definition) is 1. The minimum atomic E-state index is -1.62. The van der Waals surface area contributed by atoms with Crippen LogP contribution in [0.3, 0.4) is 0 Å². The molecular weight excluding hydrogens is 474 g/mol. The number of ether oxygens (including phenoxy) is 1. The first kappa shape index (κ1) is 23.3. The molecule has 1 aromatic heterocycles. The SMILES string of the molecule is O=C(Nc1ccn(Cc2ccccc2Cl)n1)c1ccc(COc2c(F)c(F)cc(F)c2F)cc1. The van der Waals surface area contributed by atoms with E-state index < -0.39 is 34.9 Å². The van der Waals surface area contributed by atoms with Crippen molar-refractivity contribution in [1.82, 2.24) is 9.78 Å². The topological polar surface area (TPSA) is 56.2 Å². The van der Waals surface area contributed by atoms with Crippen molar-refractivity contribution in [2.45, 2.75) is 13.2 Å². The molecule has 0 unspecified atom stereocenters. The number of carbonyl (C=O) groups excluding carboxylic acids is 1. The second-order valence-electron chi connectivity index (χ2n) is 7.23. The fraction of sp³-hybridized carbons (Fsp3) is 0.0833. The summed E-state index contributed by atoms with van der Waals surface area (Å²) in [7, 11) is 0. The van der Waals surface area contributed by atoms with Crippen LogP contribution < -0.4 is 10.1 Å². The number of carbonyl (C=O) groups is 1. The van der Waals surface area contributed by atoms with Crippen LogP contribution in [0.2, 0.25) is 5.02 Å². The monoisotopic (exact) mass is 489 g/mol. The molecule has 3 aromatic carbocycles. The quantitative estimate of drug-likeness (QED) is 0.257. The molecule has 1 amide bonds. The number of aromatic nitrogens is 2. The van der Waals surface area contributed by atoms with E-state index in [1.54, 1.807) is 23.0 Å². The minimum Gasteiger partial charge on any atom is -0.483 e. The van der Waals surface area contributed by atoms with Gasteiger partial charge in [0.15, 0.2) is 23.2 Å². The highest BCUT2D eigenvalue weighted by Crippen LogP contribution is 2.27. The van der Waals surface area contributed by atoms with Crippen molar-refractivity contribution < 1.29 is 27.1 Å². The van der Waals surface area contributed by atoms with Gasteiger partial charge in [-0.05, 0) is 29.3 Å². The van der Waals surface area contributed by atoms with Crippen molar-refractivity contribution in [1.29, 1.82) is 0 Å². The van der Waals surface area contributed by atoms with E-state index in [2.05, 4.69) is 10.4 Å². The van der Waals surface area contributed by atoms with E-state index in [1.165, 1.54) is 24.3 Å². The Kier molecular flexibility index (Phi) is 6.83. The lowest BCUT2D eigenvalue weighted by atomic mass is 10.1. The molecule has 0 saturated heterocycles. The fourth-order valence-electron chi connectivity index (χ4n) is 3.09. The number of anilines is 1. The van der Waals surface area contributed by atoms with Crippen LogP contribution >= 0.6 is 11.6 Å². The zero-order chi connectivity index (χ0) is 24.2. The molecule has 4 rings (SSSR count). The third kappa shape index (κ3) is 5.20. The van der Waals surface area contributed by atoms with Crippen molar-refractivity contribution in [2.75, 3.05) is 5.32 Å². The Labute approximate surface area is 196 Å². The highest BCUT2D eigenvalue weighted by molar-refractivity contribution is 6.31. The Bertz CT molecular complexity index is 1320. The fourth-order valence-corrected chi connectivity index (χ4v) is 3.29. The maximum absolute atomic E-state index is 13.7. The summed E-state index contributed by atoms with van der Waals surface area (Å²) in [6.45, 7) is 0.0612. The van der Waals surface area contributed by atoms with Crippen molar-refractivity contribution in [3.8, 4) is 5.75 Å². The maximum atomic E-state index is 13.7. The molecule has 0 saturated carbocycles. The number of benzene rings is 3. The van der Waals surface area contributed by atoms with E-state index in [9.17, 15) is 22.4 Å². The Morgan fingerprint density at radius 3 is 2.32 bits per heavy atom. The van der Waals surface area contributed by atoms with E-state index in [1.807, 2.05) is 18.2 Å². The van der Waals surface area contributed by atoms with Gasteiger partial charge in [0.25, 0.3) is 5.91 Å². The molecule has 0 aliphatic rings. The van der Waals surface area contributed by atoms with Crippen molar-refractivity contribution in [2.24, 2.45) is 0 Å². The van der Waals surface area contributed by atoms with Crippen molar-refractivity contribution in [3.63, 3.8) is 0 Å². The van der Waals surface area contributed by atoms with E-state index >= 15 is 0 Å². The predicted molar refractivity (Wildman–Crippen MR) is 118 cm³/mol. The molecule has 0 fully saturated rings. The highest BCUT2D eigenvalue weighted by Gasteiger charge is 2.20. The summed E-state index contributed by atoms with van der Waals surface area (Å²) in [6.07, 6.45) is 1.70. The molecule has 0 aliphatic heterocycles. The largest absolute Gasteiger partial charge is 0.483 e. The summed E-state index contributed by atoms with van der Waals surface area (Å²) in [6, 6.07) is 15.0. The molecule has 0 atom stereocenters. The summed E-state index contributed by atoms with van der Waals surface area (Å²) in [5.74, 6) is -7.60. The van der Waals surface area contributed by atoms with Gasteiger partial charge in [0.2, 0.25) is 11.6 Å². The average molecular weight is 490 g/mol. The Morgan fingerprint density at radius 1 is 0.971 bits per heavy atom. The van der Waals surface area contributed by atoms with E-state index in [0.29, 0.717) is 28.5 Å². The normalized spacial score (nSPS) is 10.9. The predicted octanol–water partition coefficient (Wildman–Crippen LogP) is 5.97. The second-order valence-corrected chi connectivity index (χ2v) is 7.63. The summed E-state index contributed by atoms with van der Waals surface area (Å²) in [5, 5.41) is 7.57. The van der Waals surface area contributed by atoms with Gasteiger partial charge >= 0.3 is 0 Å². The Balaban J connectivity index is 1.37. The zero-order valence-electron chi connectivity index (χ0n) is 17.4. The standard InChI is InChI=1S/C24H16ClF4N3O2/c25-17-4-2-1-3-16(17)12-32-10-9-20(31-32)30-24(33)15-7-5-14(6-8-15)13-34-23-21(28)18(26)11-19(27)22(23)29/h1-11H,12-13H2,(H,30,31,33). The van der Waals surface area contributed by atoms with E-state index in [-0.39, 0.29) is 12.7 Å². The van der Waals surface area contributed by atoms with Crippen LogP contribution in [0.4, 0.5) is 23.4 Å². The lowest BCUT2D eigenvalue weighted by molar-refractivity contribution is 0.102. The lowest BCUT2D eigenvalue weighted by Gasteiger charge is -2.10. The van der Waals surface area contributed by atoms with Crippen LogP contribution in [0.25, 0.3) is 0 Å². The minimum absolute atomic E-state index is 0.102. The molecule has 174 valence electrons. The zero-order valence-corrected chi connectivity index (χ0v) is 18.1. The van der Waals surface area contributed by atoms with Crippen LogP contribution in [0.5, 0.6) is 5.75 Å². The van der Waals surface area contributed by atoms with E-state index in [0.717, 1.165) is 5.56 Å². The average Bonchev–Trinajstić information content (AvgIpc) is 3.26. The number of hydrogen-bond acceptors (Lipinski definition) is 3. The van der Waals surface area contributed by atoms with Crippen LogP contribution in [-0.4, -0.2) is 15.7 Å². The number of nitrogens with zero attached hydrogens (tertiary/aromatic N) is 2. The molecule has 0 bridgehead atoms. The number of rotatable bonds is 7. The molecule has 0 spiro atoms. The van der Waals surface area contributed by atoms with Gasteiger partial charge in [0.05, 0.1) is 6.54 Å². The molecule has 10 heteroatoms. The highest BCUT2D eigenvalue weighted by atomic mass is 35.5. The van der Waals surface area contributed by atoms with Gasteiger partial charge in [0.1, 0.15) is 6.61 Å². The third-order valence-electron chi connectivity index (χ3n) is 4.84. The van der Waals surface area contributed by atoms with Crippen LogP contribution in [0, 0.1) is 23.3 Å². The number of nitrogens with one attached hydrogen (secondary N) is 1. The van der Waals surface area contributed by atoms with Gasteiger partial charge in [-0.15, -0.1) is 0 Å². The summed E-state index contributed by atoms with van der Waals surface area (Å²) >= 11 is 6.15. The molecule has 1 heterocycles. The molecule has 34 heavy (non-hydrogen) atoms. The van der Waals surface area contributed by atoms with E-state index in [4.69, 9.17) is 16.3 Å². The van der Waals surface area contributed by atoms with Gasteiger partial charge in [-0.25, -0.2) is 8.78 Å². The third-order valence-corrected chi connectivity index (χ3v) is 5.21.